The highest BCUT2D eigenvalue weighted by Crippen LogP contribution is 2.30. The van der Waals surface area contributed by atoms with E-state index in [9.17, 15) is 4.79 Å². The van der Waals surface area contributed by atoms with E-state index in [0.717, 1.165) is 80.9 Å². The molecule has 0 spiro atoms. The van der Waals surface area contributed by atoms with Crippen molar-refractivity contribution in [2.45, 2.75) is 26.2 Å². The van der Waals surface area contributed by atoms with Crippen LogP contribution in [0, 0.1) is 6.92 Å². The van der Waals surface area contributed by atoms with Gasteiger partial charge in [0.1, 0.15) is 0 Å². The molecule has 0 atom stereocenters. The van der Waals surface area contributed by atoms with Gasteiger partial charge in [0.15, 0.2) is 0 Å². The Bertz CT molecular complexity index is 805. The van der Waals surface area contributed by atoms with Gasteiger partial charge in [-0.05, 0) is 49.9 Å². The molecule has 2 aromatic rings. The molecule has 0 N–H and O–H groups in total. The summed E-state index contributed by atoms with van der Waals surface area (Å²) < 4.78 is 8.44. The van der Waals surface area contributed by atoms with Gasteiger partial charge >= 0.3 is 6.03 Å². The van der Waals surface area contributed by atoms with E-state index >= 15 is 0 Å². The zero-order valence-electron chi connectivity index (χ0n) is 15.3. The van der Waals surface area contributed by atoms with Gasteiger partial charge in [0.05, 0.1) is 18.7 Å². The van der Waals surface area contributed by atoms with Crippen LogP contribution in [0.4, 0.5) is 4.79 Å². The predicted molar refractivity (Wildman–Crippen MR) is 107 cm³/mol. The van der Waals surface area contributed by atoms with Gasteiger partial charge in [-0.1, -0.05) is 15.9 Å². The first kappa shape index (κ1) is 18.0. The average Bonchev–Trinajstić information content (AvgIpc) is 3.27. The number of morpholine rings is 1. The summed E-state index contributed by atoms with van der Waals surface area (Å²) >= 11 is 3.60. The van der Waals surface area contributed by atoms with E-state index in [0.29, 0.717) is 0 Å². The van der Waals surface area contributed by atoms with Gasteiger partial charge in [0.2, 0.25) is 0 Å². The lowest BCUT2D eigenvalue weighted by Crippen LogP contribution is -2.37. The molecule has 1 aromatic heterocycles. The van der Waals surface area contributed by atoms with Gasteiger partial charge < -0.3 is 9.64 Å². The molecular formula is C20H26BrN3O2. The Kier molecular flexibility index (Phi) is 5.34. The van der Waals surface area contributed by atoms with Crippen molar-refractivity contribution < 1.29 is 9.53 Å². The number of carbonyl (C=O) groups excluding carboxylic acids is 1. The first-order chi connectivity index (χ1) is 12.6. The SMILES string of the molecule is Cc1c(CCN2CCOCC2)c2cc(Br)ccc2n1C(=O)N1CCCC1. The van der Waals surface area contributed by atoms with Crippen molar-refractivity contribution in [3.05, 3.63) is 33.9 Å². The lowest BCUT2D eigenvalue weighted by atomic mass is 10.1. The third-order valence-corrected chi connectivity index (χ3v) is 6.14. The van der Waals surface area contributed by atoms with Gasteiger partial charge in [-0.2, -0.15) is 0 Å². The Balaban J connectivity index is 1.68. The normalized spacial score (nSPS) is 18.8. The topological polar surface area (TPSA) is 37.7 Å². The molecule has 6 heteroatoms. The van der Waals surface area contributed by atoms with Gasteiger partial charge in [-0.15, -0.1) is 0 Å². The van der Waals surface area contributed by atoms with Gasteiger partial charge in [-0.25, -0.2) is 4.79 Å². The van der Waals surface area contributed by atoms with Crippen molar-refractivity contribution in [2.24, 2.45) is 0 Å². The van der Waals surface area contributed by atoms with Crippen molar-refractivity contribution >= 4 is 32.9 Å². The van der Waals surface area contributed by atoms with E-state index in [2.05, 4.69) is 39.9 Å². The van der Waals surface area contributed by atoms with Crippen LogP contribution in [0.1, 0.15) is 24.1 Å². The minimum absolute atomic E-state index is 0.130. The number of fused-ring (bicyclic) bond motifs is 1. The van der Waals surface area contributed by atoms with Crippen LogP contribution in [0.2, 0.25) is 0 Å². The van der Waals surface area contributed by atoms with Crippen molar-refractivity contribution in [3.63, 3.8) is 0 Å². The smallest absolute Gasteiger partial charge is 0.328 e. The third kappa shape index (κ3) is 3.42. The molecule has 140 valence electrons. The number of hydrogen-bond acceptors (Lipinski definition) is 3. The minimum atomic E-state index is 0.130. The number of hydrogen-bond donors (Lipinski definition) is 0. The fraction of sp³-hybridized carbons (Fsp3) is 0.550. The van der Waals surface area contributed by atoms with Gasteiger partial charge in [0.25, 0.3) is 0 Å². The van der Waals surface area contributed by atoms with E-state index in [1.807, 2.05) is 15.5 Å². The Morgan fingerprint density at radius 1 is 1.15 bits per heavy atom. The predicted octanol–water partition coefficient (Wildman–Crippen LogP) is 3.65. The Morgan fingerprint density at radius 2 is 1.88 bits per heavy atom. The molecule has 2 aliphatic heterocycles. The first-order valence-electron chi connectivity index (χ1n) is 9.54. The van der Waals surface area contributed by atoms with E-state index in [1.165, 1.54) is 10.9 Å². The number of halogens is 1. The zero-order valence-corrected chi connectivity index (χ0v) is 16.9. The van der Waals surface area contributed by atoms with E-state index in [1.54, 1.807) is 0 Å². The Morgan fingerprint density at radius 3 is 2.62 bits per heavy atom. The second-order valence-electron chi connectivity index (χ2n) is 7.24. The van der Waals surface area contributed by atoms with Crippen LogP contribution in [-0.2, 0) is 11.2 Å². The largest absolute Gasteiger partial charge is 0.379 e. The van der Waals surface area contributed by atoms with Crippen LogP contribution < -0.4 is 0 Å². The second-order valence-corrected chi connectivity index (χ2v) is 8.16. The maximum atomic E-state index is 13.1. The van der Waals surface area contributed by atoms with Crippen LogP contribution in [0.3, 0.4) is 0 Å². The molecule has 2 aliphatic rings. The third-order valence-electron chi connectivity index (χ3n) is 5.65. The highest BCUT2D eigenvalue weighted by atomic mass is 79.9. The molecule has 1 amide bonds. The number of aromatic nitrogens is 1. The van der Waals surface area contributed by atoms with Crippen LogP contribution in [0.25, 0.3) is 10.9 Å². The number of rotatable bonds is 3. The molecule has 4 rings (SSSR count). The summed E-state index contributed by atoms with van der Waals surface area (Å²) in [7, 11) is 0. The highest BCUT2D eigenvalue weighted by molar-refractivity contribution is 9.10. The number of carbonyl (C=O) groups is 1. The van der Waals surface area contributed by atoms with E-state index < -0.39 is 0 Å². The number of amides is 1. The number of nitrogens with zero attached hydrogens (tertiary/aromatic N) is 3. The van der Waals surface area contributed by atoms with Gasteiger partial charge in [-0.3, -0.25) is 9.47 Å². The van der Waals surface area contributed by atoms with E-state index in [4.69, 9.17) is 4.74 Å². The molecule has 3 heterocycles. The second kappa shape index (κ2) is 7.71. The van der Waals surface area contributed by atoms with Crippen molar-refractivity contribution in [1.29, 1.82) is 0 Å². The lowest BCUT2D eigenvalue weighted by Gasteiger charge is -2.26. The monoisotopic (exact) mass is 419 g/mol. The maximum Gasteiger partial charge on any atom is 0.328 e. The van der Waals surface area contributed by atoms with Crippen LogP contribution >= 0.6 is 15.9 Å². The summed E-state index contributed by atoms with van der Waals surface area (Å²) in [5.41, 5.74) is 3.41. The highest BCUT2D eigenvalue weighted by Gasteiger charge is 2.25. The summed E-state index contributed by atoms with van der Waals surface area (Å²) in [6.07, 6.45) is 3.18. The minimum Gasteiger partial charge on any atom is -0.379 e. The quantitative estimate of drug-likeness (QED) is 0.761. The van der Waals surface area contributed by atoms with Gasteiger partial charge in [0, 0.05) is 48.3 Å². The van der Waals surface area contributed by atoms with E-state index in [-0.39, 0.29) is 6.03 Å². The molecule has 0 aliphatic carbocycles. The molecule has 0 saturated carbocycles. The molecule has 0 bridgehead atoms. The summed E-state index contributed by atoms with van der Waals surface area (Å²) in [4.78, 5) is 17.6. The van der Waals surface area contributed by atoms with Crippen molar-refractivity contribution in [3.8, 4) is 0 Å². The Labute approximate surface area is 163 Å². The van der Waals surface area contributed by atoms with Crippen LogP contribution in [0.5, 0.6) is 0 Å². The summed E-state index contributed by atoms with van der Waals surface area (Å²) in [5, 5.41) is 1.19. The Hall–Kier alpha value is -1.37. The average molecular weight is 420 g/mol. The molecule has 26 heavy (non-hydrogen) atoms. The first-order valence-corrected chi connectivity index (χ1v) is 10.3. The molecule has 2 saturated heterocycles. The van der Waals surface area contributed by atoms with Crippen LogP contribution in [-0.4, -0.2) is 66.3 Å². The number of ether oxygens (including phenoxy) is 1. The lowest BCUT2D eigenvalue weighted by molar-refractivity contribution is 0.0384. The standard InChI is InChI=1S/C20H26BrN3O2/c1-15-17(6-9-22-10-12-26-13-11-22)18-14-16(21)4-5-19(18)24(15)20(25)23-7-2-3-8-23/h4-5,14H,2-3,6-13H2,1H3. The fourth-order valence-corrected chi connectivity index (χ4v) is 4.52. The molecule has 1 aromatic carbocycles. The summed E-state index contributed by atoms with van der Waals surface area (Å²) in [6.45, 7) is 8.47. The summed E-state index contributed by atoms with van der Waals surface area (Å²) in [5.74, 6) is 0. The summed E-state index contributed by atoms with van der Waals surface area (Å²) in [6, 6.07) is 6.38. The molecule has 2 fully saturated rings. The zero-order chi connectivity index (χ0) is 18.1. The van der Waals surface area contributed by atoms with Crippen LogP contribution in [0.15, 0.2) is 22.7 Å². The van der Waals surface area contributed by atoms with Crippen molar-refractivity contribution in [2.75, 3.05) is 45.9 Å². The van der Waals surface area contributed by atoms with Crippen molar-refractivity contribution in [1.82, 2.24) is 14.4 Å². The molecule has 5 nitrogen and oxygen atoms in total. The fourth-order valence-electron chi connectivity index (χ4n) is 4.16. The number of likely N-dealkylation sites (tertiary alicyclic amines) is 1. The molecular weight excluding hydrogens is 394 g/mol. The molecule has 0 radical (unpaired) electrons. The molecule has 0 unspecified atom stereocenters. The number of benzene rings is 1. The maximum absolute atomic E-state index is 13.1.